The zero-order valence-corrected chi connectivity index (χ0v) is 28.3. The summed E-state index contributed by atoms with van der Waals surface area (Å²) in [6.07, 6.45) is 16.1. The highest BCUT2D eigenvalue weighted by atomic mass is 16.5. The average Bonchev–Trinajstić information content (AvgIpc) is 3.50. The molecule has 1 saturated heterocycles. The number of allylic oxidation sites excluding steroid dienone is 6. The first-order valence-corrected chi connectivity index (χ1v) is 16.6. The lowest BCUT2D eigenvalue weighted by Gasteiger charge is -2.51. The summed E-state index contributed by atoms with van der Waals surface area (Å²) in [6.45, 7) is 18.2. The molecule has 1 spiro atoms. The Morgan fingerprint density at radius 2 is 1.96 bits per heavy atom. The molecule has 2 aliphatic carbocycles. The third-order valence-electron chi connectivity index (χ3n) is 9.32. The summed E-state index contributed by atoms with van der Waals surface area (Å²) in [5.41, 5.74) is 12.0. The maximum atomic E-state index is 13.1. The molecule has 3 fully saturated rings. The van der Waals surface area contributed by atoms with Gasteiger partial charge < -0.3 is 25.8 Å². The van der Waals surface area contributed by atoms with Gasteiger partial charge in [0.1, 0.15) is 11.6 Å². The van der Waals surface area contributed by atoms with Crippen LogP contribution in [-0.4, -0.2) is 38.5 Å². The Morgan fingerprint density at radius 3 is 2.56 bits per heavy atom. The number of nitrogens with two attached hydrogens (primary N) is 1. The van der Waals surface area contributed by atoms with Crippen LogP contribution in [0.5, 0.6) is 0 Å². The summed E-state index contributed by atoms with van der Waals surface area (Å²) in [4.78, 5) is 17.1. The Bertz CT molecular complexity index is 1290. The van der Waals surface area contributed by atoms with E-state index in [1.165, 1.54) is 32.1 Å². The van der Waals surface area contributed by atoms with Gasteiger partial charge in [0.05, 0.1) is 6.61 Å². The Kier molecular flexibility index (Phi) is 14.2. The zero-order valence-electron chi connectivity index (χ0n) is 28.3. The highest BCUT2D eigenvalue weighted by Gasteiger charge is 2.45. The molecule has 1 heterocycles. The molecule has 7 heteroatoms. The van der Waals surface area contributed by atoms with Crippen LogP contribution in [0.25, 0.3) is 0 Å². The number of rotatable bonds is 12. The molecule has 0 unspecified atom stereocenters. The summed E-state index contributed by atoms with van der Waals surface area (Å²) < 4.78 is 10.7. The molecule has 1 aromatic rings. The number of benzene rings is 1. The van der Waals surface area contributed by atoms with Crippen molar-refractivity contribution in [1.82, 2.24) is 10.6 Å². The van der Waals surface area contributed by atoms with Gasteiger partial charge in [0.25, 0.3) is 5.91 Å². The van der Waals surface area contributed by atoms with Crippen LogP contribution < -0.4 is 16.4 Å². The molecule has 7 nitrogen and oxygen atoms in total. The van der Waals surface area contributed by atoms with Gasteiger partial charge in [0.15, 0.2) is 0 Å². The lowest BCUT2D eigenvalue weighted by atomic mass is 9.55. The van der Waals surface area contributed by atoms with E-state index in [0.29, 0.717) is 18.6 Å². The van der Waals surface area contributed by atoms with E-state index in [1.54, 1.807) is 13.3 Å². The molecule has 4 rings (SSSR count). The minimum Gasteiger partial charge on any atom is -0.492 e. The predicted octanol–water partition coefficient (Wildman–Crippen LogP) is 7.88. The molecule has 1 amide bonds. The van der Waals surface area contributed by atoms with Crippen molar-refractivity contribution in [3.05, 3.63) is 94.7 Å². The SMILES string of the molecule is C=CC(=C1/OCC/C1=C(/C)NCc1cccc(C(=O)NC2CCC3(CC2)CC(CC)C3)c1)/C(C)=C/C=N\C(=C)N.CCCOC. The van der Waals surface area contributed by atoms with Gasteiger partial charge in [-0.25, -0.2) is 4.99 Å². The third-order valence-corrected chi connectivity index (χ3v) is 9.32. The van der Waals surface area contributed by atoms with Gasteiger partial charge in [-0.15, -0.1) is 0 Å². The molecule has 4 N–H and O–H groups in total. The van der Waals surface area contributed by atoms with E-state index in [9.17, 15) is 4.79 Å². The summed E-state index contributed by atoms with van der Waals surface area (Å²) in [5.74, 6) is 2.06. The summed E-state index contributed by atoms with van der Waals surface area (Å²) in [7, 11) is 1.71. The first-order chi connectivity index (χ1) is 21.6. The maximum absolute atomic E-state index is 13.1. The zero-order chi connectivity index (χ0) is 32.8. The molecule has 0 radical (unpaired) electrons. The van der Waals surface area contributed by atoms with Crippen LogP contribution in [0, 0.1) is 11.3 Å². The van der Waals surface area contributed by atoms with E-state index in [1.807, 2.05) is 37.3 Å². The van der Waals surface area contributed by atoms with Gasteiger partial charge in [-0.2, -0.15) is 0 Å². The monoisotopic (exact) mass is 616 g/mol. The van der Waals surface area contributed by atoms with Gasteiger partial charge in [0.2, 0.25) is 0 Å². The summed E-state index contributed by atoms with van der Waals surface area (Å²) in [5, 5.41) is 6.86. The van der Waals surface area contributed by atoms with Crippen molar-refractivity contribution in [2.45, 2.75) is 98.1 Å². The van der Waals surface area contributed by atoms with Crippen LogP contribution in [0.4, 0.5) is 0 Å². The molecule has 246 valence electrons. The first-order valence-electron chi connectivity index (χ1n) is 16.6. The number of carbonyl (C=O) groups excluding carboxylic acids is 1. The molecule has 0 aromatic heterocycles. The van der Waals surface area contributed by atoms with Crippen molar-refractivity contribution in [3.8, 4) is 0 Å². The van der Waals surface area contributed by atoms with E-state index < -0.39 is 0 Å². The smallest absolute Gasteiger partial charge is 0.251 e. The van der Waals surface area contributed by atoms with Crippen molar-refractivity contribution in [3.63, 3.8) is 0 Å². The summed E-state index contributed by atoms with van der Waals surface area (Å²) >= 11 is 0. The number of amides is 1. The standard InChI is InChI=1S/C34H46N4O2.C4H10O/c1-6-26-20-34(21-26)15-11-29(12-16-34)38-33(39)28-10-8-9-27(19-28)22-37-24(4)31-14-18-40-32(31)30(7-2)23(3)13-17-36-25(5)35;1-3-4-5-2/h7-10,13,17,19,26,29,37H,2,5-6,11-12,14-16,18,20-22,35H2,1,3-4H3,(H,38,39);3-4H2,1-2H3/b23-13+,31-24+,32-30-,36-17-;. The quantitative estimate of drug-likeness (QED) is 0.208. The molecule has 2 saturated carbocycles. The number of hydrogen-bond donors (Lipinski definition) is 3. The second kappa shape index (κ2) is 17.8. The molecular formula is C38H56N4O3. The van der Waals surface area contributed by atoms with Crippen molar-refractivity contribution in [2.75, 3.05) is 20.3 Å². The normalized spacial score (nSPS) is 25.0. The minimum absolute atomic E-state index is 0.0342. The molecule has 1 aliphatic heterocycles. The van der Waals surface area contributed by atoms with Crippen molar-refractivity contribution in [1.29, 1.82) is 0 Å². The van der Waals surface area contributed by atoms with E-state index in [-0.39, 0.29) is 17.8 Å². The third kappa shape index (κ3) is 10.5. The average molecular weight is 617 g/mol. The number of nitrogens with one attached hydrogen (secondary N) is 2. The fourth-order valence-corrected chi connectivity index (χ4v) is 6.69. The lowest BCUT2D eigenvalue weighted by Crippen LogP contribution is -2.45. The number of aliphatic imine (C=N–C) groups is 1. The van der Waals surface area contributed by atoms with Gasteiger partial charge in [-0.05, 0) is 99.5 Å². The maximum Gasteiger partial charge on any atom is 0.251 e. The number of ether oxygens (including phenoxy) is 2. The Labute approximate surface area is 271 Å². The minimum atomic E-state index is 0.0342. The lowest BCUT2D eigenvalue weighted by molar-refractivity contribution is 0.00515. The Balaban J connectivity index is 0.00000102. The molecule has 45 heavy (non-hydrogen) atoms. The largest absolute Gasteiger partial charge is 0.492 e. The van der Waals surface area contributed by atoms with Crippen LogP contribution in [0.2, 0.25) is 0 Å². The van der Waals surface area contributed by atoms with E-state index in [4.69, 9.17) is 15.2 Å². The Morgan fingerprint density at radius 1 is 1.22 bits per heavy atom. The van der Waals surface area contributed by atoms with Crippen LogP contribution in [-0.2, 0) is 16.0 Å². The predicted molar refractivity (Wildman–Crippen MR) is 187 cm³/mol. The molecule has 0 atom stereocenters. The van der Waals surface area contributed by atoms with Crippen molar-refractivity contribution < 1.29 is 14.3 Å². The van der Waals surface area contributed by atoms with Crippen LogP contribution in [0.3, 0.4) is 0 Å². The molecule has 0 bridgehead atoms. The molecule has 1 aromatic carbocycles. The van der Waals surface area contributed by atoms with Crippen molar-refractivity contribution in [2.24, 2.45) is 22.1 Å². The van der Waals surface area contributed by atoms with Gasteiger partial charge >= 0.3 is 0 Å². The fraction of sp³-hybridized carbons (Fsp3) is 0.526. The van der Waals surface area contributed by atoms with E-state index in [2.05, 4.69) is 55.6 Å². The van der Waals surface area contributed by atoms with Crippen LogP contribution in [0.1, 0.15) is 101 Å². The highest BCUT2D eigenvalue weighted by Crippen LogP contribution is 2.55. The number of hydrogen-bond acceptors (Lipinski definition) is 6. The van der Waals surface area contributed by atoms with Crippen LogP contribution >= 0.6 is 0 Å². The van der Waals surface area contributed by atoms with Crippen LogP contribution in [0.15, 0.2) is 88.6 Å². The highest BCUT2D eigenvalue weighted by molar-refractivity contribution is 5.94. The number of nitrogens with zero attached hydrogens (tertiary/aromatic N) is 1. The van der Waals surface area contributed by atoms with Crippen molar-refractivity contribution >= 4 is 12.1 Å². The van der Waals surface area contributed by atoms with Gasteiger partial charge in [-0.3, -0.25) is 4.79 Å². The van der Waals surface area contributed by atoms with E-state index in [0.717, 1.165) is 77.5 Å². The van der Waals surface area contributed by atoms with Gasteiger partial charge in [0, 0.05) is 61.3 Å². The molecular weight excluding hydrogens is 560 g/mol. The van der Waals surface area contributed by atoms with E-state index >= 15 is 0 Å². The Hall–Kier alpha value is -3.58. The fourth-order valence-electron chi connectivity index (χ4n) is 6.69. The summed E-state index contributed by atoms with van der Waals surface area (Å²) in [6, 6.07) is 8.22. The second-order valence-corrected chi connectivity index (χ2v) is 12.7. The second-order valence-electron chi connectivity index (χ2n) is 12.7. The first kappa shape index (κ1) is 35.9. The molecule has 3 aliphatic rings. The number of carbonyl (C=O) groups is 1. The topological polar surface area (TPSA) is 98.0 Å². The van der Waals surface area contributed by atoms with Gasteiger partial charge in [-0.1, -0.05) is 51.6 Å². The number of methoxy groups -OCH3 is 1.